The molecule has 1 N–H and O–H groups in total. The van der Waals surface area contributed by atoms with E-state index >= 15 is 0 Å². The minimum atomic E-state index is -0.888. The molecule has 0 heterocycles. The van der Waals surface area contributed by atoms with Crippen molar-refractivity contribution < 1.29 is 14.3 Å². The second-order valence-corrected chi connectivity index (χ2v) is 4.76. The first-order chi connectivity index (χ1) is 7.52. The number of nitriles is 1. The van der Waals surface area contributed by atoms with Gasteiger partial charge in [-0.15, -0.1) is 11.8 Å². The summed E-state index contributed by atoms with van der Waals surface area (Å²) in [5.41, 5.74) is 0.238. The van der Waals surface area contributed by atoms with Gasteiger partial charge in [0.25, 0.3) is 0 Å². The van der Waals surface area contributed by atoms with Crippen LogP contribution in [-0.4, -0.2) is 16.3 Å². The van der Waals surface area contributed by atoms with Crippen LogP contribution in [0.15, 0.2) is 23.1 Å². The Hall–Kier alpha value is -1.54. The standard InChI is InChI=1S/C11H10FNO2S/c1-7(4-11(14)15)16-10-3-2-9(12)5-8(10)6-13/h2-3,5,7H,4H2,1H3,(H,14,15). The van der Waals surface area contributed by atoms with Crippen molar-refractivity contribution in [2.24, 2.45) is 0 Å². The number of hydrogen-bond acceptors (Lipinski definition) is 3. The van der Waals surface area contributed by atoms with Crippen LogP contribution in [0.2, 0.25) is 0 Å². The number of carbonyl (C=O) groups is 1. The molecule has 0 bridgehead atoms. The number of thioether (sulfide) groups is 1. The van der Waals surface area contributed by atoms with Crippen LogP contribution >= 0.6 is 11.8 Å². The lowest BCUT2D eigenvalue weighted by Gasteiger charge is -2.09. The van der Waals surface area contributed by atoms with E-state index in [0.717, 1.165) is 6.07 Å². The van der Waals surface area contributed by atoms with E-state index in [1.54, 1.807) is 6.92 Å². The minimum absolute atomic E-state index is 0.00686. The maximum absolute atomic E-state index is 12.8. The Labute approximate surface area is 96.9 Å². The molecule has 0 radical (unpaired) electrons. The highest BCUT2D eigenvalue weighted by atomic mass is 32.2. The van der Waals surface area contributed by atoms with Gasteiger partial charge in [-0.2, -0.15) is 5.26 Å². The largest absolute Gasteiger partial charge is 0.481 e. The van der Waals surface area contributed by atoms with Crippen molar-refractivity contribution in [2.45, 2.75) is 23.5 Å². The summed E-state index contributed by atoms with van der Waals surface area (Å²) < 4.78 is 12.8. The molecule has 0 fully saturated rings. The lowest BCUT2D eigenvalue weighted by atomic mass is 10.2. The fraction of sp³-hybridized carbons (Fsp3) is 0.273. The summed E-state index contributed by atoms with van der Waals surface area (Å²) in [6, 6.07) is 5.79. The van der Waals surface area contributed by atoms with E-state index in [4.69, 9.17) is 10.4 Å². The van der Waals surface area contributed by atoms with Crippen molar-refractivity contribution >= 4 is 17.7 Å². The Kier molecular flexibility index (Phi) is 4.32. The smallest absolute Gasteiger partial charge is 0.304 e. The summed E-state index contributed by atoms with van der Waals surface area (Å²) in [7, 11) is 0. The molecule has 0 aromatic heterocycles. The molecule has 1 aromatic rings. The molecule has 16 heavy (non-hydrogen) atoms. The van der Waals surface area contributed by atoms with Crippen LogP contribution in [-0.2, 0) is 4.79 Å². The van der Waals surface area contributed by atoms with Gasteiger partial charge in [0, 0.05) is 10.1 Å². The number of carboxylic acid groups (broad SMARTS) is 1. The summed E-state index contributed by atoms with van der Waals surface area (Å²) in [4.78, 5) is 11.1. The molecule has 0 aliphatic heterocycles. The van der Waals surface area contributed by atoms with E-state index < -0.39 is 11.8 Å². The van der Waals surface area contributed by atoms with Crippen LogP contribution in [0.1, 0.15) is 18.9 Å². The molecule has 0 saturated heterocycles. The van der Waals surface area contributed by atoms with E-state index in [1.165, 1.54) is 23.9 Å². The number of aliphatic carboxylic acids is 1. The second kappa shape index (κ2) is 5.52. The minimum Gasteiger partial charge on any atom is -0.481 e. The molecule has 1 rings (SSSR count). The van der Waals surface area contributed by atoms with Crippen molar-refractivity contribution in [1.29, 1.82) is 5.26 Å². The van der Waals surface area contributed by atoms with Gasteiger partial charge < -0.3 is 5.11 Å². The van der Waals surface area contributed by atoms with E-state index in [2.05, 4.69) is 0 Å². The van der Waals surface area contributed by atoms with Gasteiger partial charge in [-0.1, -0.05) is 6.92 Å². The maximum atomic E-state index is 12.8. The number of nitrogens with zero attached hydrogens (tertiary/aromatic N) is 1. The maximum Gasteiger partial charge on any atom is 0.304 e. The second-order valence-electron chi connectivity index (χ2n) is 3.28. The van der Waals surface area contributed by atoms with Crippen molar-refractivity contribution in [1.82, 2.24) is 0 Å². The lowest BCUT2D eigenvalue weighted by molar-refractivity contribution is -0.136. The zero-order chi connectivity index (χ0) is 12.1. The average molecular weight is 239 g/mol. The van der Waals surface area contributed by atoms with Gasteiger partial charge in [0.2, 0.25) is 0 Å². The molecule has 5 heteroatoms. The number of hydrogen-bond donors (Lipinski definition) is 1. The predicted octanol–water partition coefficient (Wildman–Crippen LogP) is 2.65. The molecule has 1 atom stereocenters. The Bertz CT molecular complexity index is 442. The van der Waals surface area contributed by atoms with Crippen LogP contribution in [0.25, 0.3) is 0 Å². The van der Waals surface area contributed by atoms with Gasteiger partial charge >= 0.3 is 5.97 Å². The first-order valence-electron chi connectivity index (χ1n) is 4.61. The molecular formula is C11H10FNO2S. The first kappa shape index (κ1) is 12.5. The van der Waals surface area contributed by atoms with E-state index in [0.29, 0.717) is 4.90 Å². The number of halogens is 1. The Morgan fingerprint density at radius 3 is 2.94 bits per heavy atom. The zero-order valence-corrected chi connectivity index (χ0v) is 9.42. The van der Waals surface area contributed by atoms with Crippen LogP contribution in [0.4, 0.5) is 4.39 Å². The van der Waals surface area contributed by atoms with Gasteiger partial charge in [-0.05, 0) is 18.2 Å². The Morgan fingerprint density at radius 1 is 1.69 bits per heavy atom. The monoisotopic (exact) mass is 239 g/mol. The van der Waals surface area contributed by atoms with Crippen molar-refractivity contribution in [3.8, 4) is 6.07 Å². The third kappa shape index (κ3) is 3.55. The highest BCUT2D eigenvalue weighted by Crippen LogP contribution is 2.28. The lowest BCUT2D eigenvalue weighted by Crippen LogP contribution is -2.05. The third-order valence-corrected chi connectivity index (χ3v) is 3.03. The summed E-state index contributed by atoms with van der Waals surface area (Å²) >= 11 is 1.26. The van der Waals surface area contributed by atoms with Gasteiger partial charge in [-0.25, -0.2) is 4.39 Å². The third-order valence-electron chi connectivity index (χ3n) is 1.85. The summed E-state index contributed by atoms with van der Waals surface area (Å²) in [5.74, 6) is -1.35. The summed E-state index contributed by atoms with van der Waals surface area (Å²) in [6.07, 6.45) is 0.00686. The predicted molar refractivity (Wildman–Crippen MR) is 58.7 cm³/mol. The zero-order valence-electron chi connectivity index (χ0n) is 8.61. The van der Waals surface area contributed by atoms with Crippen LogP contribution in [0.5, 0.6) is 0 Å². The van der Waals surface area contributed by atoms with Crippen LogP contribution in [0, 0.1) is 17.1 Å². The molecule has 0 amide bonds. The van der Waals surface area contributed by atoms with Crippen molar-refractivity contribution in [3.05, 3.63) is 29.6 Å². The van der Waals surface area contributed by atoms with Gasteiger partial charge in [-0.3, -0.25) is 4.79 Å². The molecule has 0 saturated carbocycles. The molecule has 1 unspecified atom stereocenters. The molecule has 84 valence electrons. The first-order valence-corrected chi connectivity index (χ1v) is 5.49. The van der Waals surface area contributed by atoms with Crippen LogP contribution in [0.3, 0.4) is 0 Å². The normalized spacial score (nSPS) is 11.8. The molecule has 0 aliphatic rings. The molecule has 3 nitrogen and oxygen atoms in total. The Balaban J connectivity index is 2.81. The highest BCUT2D eigenvalue weighted by molar-refractivity contribution is 8.00. The Morgan fingerprint density at radius 2 is 2.38 bits per heavy atom. The van der Waals surface area contributed by atoms with Crippen molar-refractivity contribution in [3.63, 3.8) is 0 Å². The fourth-order valence-corrected chi connectivity index (χ4v) is 2.23. The molecule has 0 aliphatic carbocycles. The number of rotatable bonds is 4. The fourth-order valence-electron chi connectivity index (χ4n) is 1.20. The van der Waals surface area contributed by atoms with Gasteiger partial charge in [0.05, 0.1) is 12.0 Å². The van der Waals surface area contributed by atoms with Gasteiger partial charge in [0.15, 0.2) is 0 Å². The summed E-state index contributed by atoms with van der Waals surface area (Å²) in [6.45, 7) is 1.75. The summed E-state index contributed by atoms with van der Waals surface area (Å²) in [5, 5.41) is 17.2. The molecule has 0 spiro atoms. The van der Waals surface area contributed by atoms with Crippen LogP contribution < -0.4 is 0 Å². The number of benzene rings is 1. The van der Waals surface area contributed by atoms with Gasteiger partial charge in [0.1, 0.15) is 11.9 Å². The molecular weight excluding hydrogens is 229 g/mol. The highest BCUT2D eigenvalue weighted by Gasteiger charge is 2.12. The quantitative estimate of drug-likeness (QED) is 0.820. The van der Waals surface area contributed by atoms with E-state index in [-0.39, 0.29) is 17.2 Å². The van der Waals surface area contributed by atoms with E-state index in [9.17, 15) is 9.18 Å². The SMILES string of the molecule is CC(CC(=O)O)Sc1ccc(F)cc1C#N. The van der Waals surface area contributed by atoms with Crippen molar-refractivity contribution in [2.75, 3.05) is 0 Å². The number of carboxylic acids is 1. The average Bonchev–Trinajstić information content (AvgIpc) is 2.19. The topological polar surface area (TPSA) is 61.1 Å². The molecule has 1 aromatic carbocycles. The van der Waals surface area contributed by atoms with E-state index in [1.807, 2.05) is 6.07 Å².